The Labute approximate surface area is 148 Å². The molecule has 0 aliphatic rings. The standard InChI is InChI=1S/C19H22Cl2O2/c1-5-14(4)18(13(2)3)19(22)23-11-10-17(21)12-15-6-8-16(20)9-7-15/h1,6-10,13-14,18H,11-12H2,2-4H3. The molecular formula is C19H22Cl2O2. The molecule has 0 saturated carbocycles. The zero-order valence-corrected chi connectivity index (χ0v) is 15.2. The summed E-state index contributed by atoms with van der Waals surface area (Å²) in [6.07, 6.45) is 7.70. The van der Waals surface area contributed by atoms with Crippen molar-refractivity contribution < 1.29 is 9.53 Å². The Hall–Kier alpha value is -1.43. The van der Waals surface area contributed by atoms with E-state index in [4.69, 9.17) is 34.4 Å². The van der Waals surface area contributed by atoms with E-state index < -0.39 is 0 Å². The average molecular weight is 353 g/mol. The van der Waals surface area contributed by atoms with E-state index in [1.54, 1.807) is 6.08 Å². The van der Waals surface area contributed by atoms with Crippen LogP contribution in [0.25, 0.3) is 0 Å². The summed E-state index contributed by atoms with van der Waals surface area (Å²) in [5.74, 6) is 2.00. The van der Waals surface area contributed by atoms with E-state index in [2.05, 4.69) is 5.92 Å². The highest BCUT2D eigenvalue weighted by Gasteiger charge is 2.28. The molecule has 0 aromatic heterocycles. The fourth-order valence-corrected chi connectivity index (χ4v) is 2.68. The number of hydrogen-bond donors (Lipinski definition) is 0. The minimum absolute atomic E-state index is 0.127. The van der Waals surface area contributed by atoms with Gasteiger partial charge < -0.3 is 4.74 Å². The second kappa shape index (κ2) is 9.65. The Morgan fingerprint density at radius 1 is 1.30 bits per heavy atom. The Bertz CT molecular complexity index is 582. The van der Waals surface area contributed by atoms with Crippen LogP contribution in [0.2, 0.25) is 5.02 Å². The summed E-state index contributed by atoms with van der Waals surface area (Å²) >= 11 is 12.0. The van der Waals surface area contributed by atoms with Crippen LogP contribution < -0.4 is 0 Å². The van der Waals surface area contributed by atoms with Crippen LogP contribution in [0.15, 0.2) is 35.4 Å². The average Bonchev–Trinajstić information content (AvgIpc) is 2.49. The molecule has 1 rings (SSSR count). The van der Waals surface area contributed by atoms with Crippen LogP contribution in [0.3, 0.4) is 0 Å². The lowest BCUT2D eigenvalue weighted by molar-refractivity contribution is -0.150. The number of ether oxygens (including phenoxy) is 1. The van der Waals surface area contributed by atoms with Gasteiger partial charge in [-0.15, -0.1) is 12.3 Å². The maximum Gasteiger partial charge on any atom is 0.310 e. The highest BCUT2D eigenvalue weighted by atomic mass is 35.5. The third kappa shape index (κ3) is 6.69. The molecule has 0 saturated heterocycles. The van der Waals surface area contributed by atoms with Crippen LogP contribution >= 0.6 is 23.2 Å². The Balaban J connectivity index is 2.55. The first kappa shape index (κ1) is 19.6. The van der Waals surface area contributed by atoms with Gasteiger partial charge in [-0.1, -0.05) is 56.1 Å². The topological polar surface area (TPSA) is 26.3 Å². The van der Waals surface area contributed by atoms with Crippen LogP contribution in [0.1, 0.15) is 26.3 Å². The highest BCUT2D eigenvalue weighted by molar-refractivity contribution is 6.30. The van der Waals surface area contributed by atoms with E-state index >= 15 is 0 Å². The van der Waals surface area contributed by atoms with Gasteiger partial charge in [-0.2, -0.15) is 0 Å². The minimum Gasteiger partial charge on any atom is -0.461 e. The van der Waals surface area contributed by atoms with Gasteiger partial charge in [-0.3, -0.25) is 4.79 Å². The van der Waals surface area contributed by atoms with Crippen molar-refractivity contribution in [2.45, 2.75) is 27.2 Å². The molecule has 2 atom stereocenters. The number of halogens is 2. The van der Waals surface area contributed by atoms with E-state index in [0.717, 1.165) is 5.56 Å². The quantitative estimate of drug-likeness (QED) is 0.504. The van der Waals surface area contributed by atoms with Gasteiger partial charge in [0.2, 0.25) is 0 Å². The molecule has 0 aliphatic heterocycles. The predicted molar refractivity (Wildman–Crippen MR) is 96.4 cm³/mol. The molecule has 1 aromatic rings. The van der Waals surface area contributed by atoms with E-state index in [9.17, 15) is 4.79 Å². The van der Waals surface area contributed by atoms with Gasteiger partial charge in [0.1, 0.15) is 6.61 Å². The van der Waals surface area contributed by atoms with E-state index in [-0.39, 0.29) is 30.3 Å². The summed E-state index contributed by atoms with van der Waals surface area (Å²) in [6.45, 7) is 5.92. The number of allylic oxidation sites excluding steroid dienone is 1. The van der Waals surface area contributed by atoms with E-state index in [1.165, 1.54) is 0 Å². The lowest BCUT2D eigenvalue weighted by atomic mass is 9.85. The third-order valence-electron chi connectivity index (χ3n) is 3.61. The second-order valence-corrected chi connectivity index (χ2v) is 6.73. The van der Waals surface area contributed by atoms with Crippen molar-refractivity contribution in [1.82, 2.24) is 0 Å². The van der Waals surface area contributed by atoms with Gasteiger partial charge in [0.25, 0.3) is 0 Å². The van der Waals surface area contributed by atoms with Crippen LogP contribution in [-0.4, -0.2) is 12.6 Å². The SMILES string of the molecule is C#CC(C)C(C(=O)OCC=C(Cl)Cc1ccc(Cl)cc1)C(C)C. The van der Waals surface area contributed by atoms with E-state index in [1.807, 2.05) is 45.0 Å². The van der Waals surface area contributed by atoms with Crippen LogP contribution in [-0.2, 0) is 16.0 Å². The number of carbonyl (C=O) groups is 1. The van der Waals surface area contributed by atoms with E-state index in [0.29, 0.717) is 16.5 Å². The molecule has 1 aromatic carbocycles. The normalized spacial score (nSPS) is 14.2. The number of rotatable bonds is 7. The largest absolute Gasteiger partial charge is 0.461 e. The fourth-order valence-electron chi connectivity index (χ4n) is 2.34. The Kier molecular flexibility index (Phi) is 8.23. The molecule has 0 N–H and O–H groups in total. The van der Waals surface area contributed by atoms with Gasteiger partial charge >= 0.3 is 5.97 Å². The van der Waals surface area contributed by atoms with Crippen LogP contribution in [0.4, 0.5) is 0 Å². The van der Waals surface area contributed by atoms with Gasteiger partial charge in [-0.25, -0.2) is 0 Å². The first-order valence-electron chi connectivity index (χ1n) is 7.57. The number of carbonyl (C=O) groups excluding carboxylic acids is 1. The summed E-state index contributed by atoms with van der Waals surface area (Å²) in [7, 11) is 0. The highest BCUT2D eigenvalue weighted by Crippen LogP contribution is 2.22. The zero-order chi connectivity index (χ0) is 17.4. The van der Waals surface area contributed by atoms with Crippen LogP contribution in [0, 0.1) is 30.1 Å². The summed E-state index contributed by atoms with van der Waals surface area (Å²) < 4.78 is 5.30. The molecule has 2 nitrogen and oxygen atoms in total. The van der Waals surface area contributed by atoms with Crippen molar-refractivity contribution in [2.75, 3.05) is 6.61 Å². The number of benzene rings is 1. The van der Waals surface area contributed by atoms with Gasteiger partial charge in [0, 0.05) is 22.4 Å². The van der Waals surface area contributed by atoms with Crippen molar-refractivity contribution in [2.24, 2.45) is 17.8 Å². The molecule has 0 heterocycles. The first-order valence-corrected chi connectivity index (χ1v) is 8.32. The van der Waals surface area contributed by atoms with Crippen molar-refractivity contribution in [3.8, 4) is 12.3 Å². The molecule has 124 valence electrons. The third-order valence-corrected chi connectivity index (χ3v) is 4.15. The molecule has 0 radical (unpaired) electrons. The summed E-state index contributed by atoms with van der Waals surface area (Å²) in [5.41, 5.74) is 1.04. The molecule has 0 bridgehead atoms. The Morgan fingerprint density at radius 2 is 1.91 bits per heavy atom. The van der Waals surface area contributed by atoms with Crippen molar-refractivity contribution in [1.29, 1.82) is 0 Å². The predicted octanol–water partition coefficient (Wildman–Crippen LogP) is 5.09. The Morgan fingerprint density at radius 3 is 2.43 bits per heavy atom. The number of esters is 1. The lowest BCUT2D eigenvalue weighted by Crippen LogP contribution is -2.28. The minimum atomic E-state index is -0.302. The van der Waals surface area contributed by atoms with Crippen molar-refractivity contribution >= 4 is 29.2 Å². The molecule has 0 aliphatic carbocycles. The maximum absolute atomic E-state index is 12.2. The number of terminal acetylenes is 1. The van der Waals surface area contributed by atoms with Gasteiger partial charge in [0.15, 0.2) is 0 Å². The maximum atomic E-state index is 12.2. The first-order chi connectivity index (χ1) is 10.8. The molecule has 0 spiro atoms. The zero-order valence-electron chi connectivity index (χ0n) is 13.7. The molecular weight excluding hydrogens is 331 g/mol. The van der Waals surface area contributed by atoms with Gasteiger partial charge in [0.05, 0.1) is 5.92 Å². The summed E-state index contributed by atoms with van der Waals surface area (Å²) in [5, 5.41) is 1.30. The van der Waals surface area contributed by atoms with Crippen LogP contribution in [0.5, 0.6) is 0 Å². The molecule has 23 heavy (non-hydrogen) atoms. The fraction of sp³-hybridized carbons (Fsp3) is 0.421. The molecule has 0 fully saturated rings. The summed E-state index contributed by atoms with van der Waals surface area (Å²) in [4.78, 5) is 12.2. The molecule has 0 amide bonds. The molecule has 4 heteroatoms. The smallest absolute Gasteiger partial charge is 0.310 e. The van der Waals surface area contributed by atoms with Crippen molar-refractivity contribution in [3.63, 3.8) is 0 Å². The van der Waals surface area contributed by atoms with Gasteiger partial charge in [-0.05, 0) is 29.7 Å². The number of hydrogen-bond acceptors (Lipinski definition) is 2. The molecule has 2 unspecified atom stereocenters. The lowest BCUT2D eigenvalue weighted by Gasteiger charge is -2.21. The monoisotopic (exact) mass is 352 g/mol. The van der Waals surface area contributed by atoms with Crippen molar-refractivity contribution in [3.05, 3.63) is 46.0 Å². The second-order valence-electron chi connectivity index (χ2n) is 5.81. The summed E-state index contributed by atoms with van der Waals surface area (Å²) in [6, 6.07) is 7.45.